The Balaban J connectivity index is 0.00000484. The molecule has 0 aliphatic carbocycles. The number of hydrogen-bond acceptors (Lipinski definition) is 3. The Hall–Kier alpha value is -1.09. The molecule has 23 heavy (non-hydrogen) atoms. The molecule has 1 rings (SSSR count). The summed E-state index contributed by atoms with van der Waals surface area (Å²) in [6.45, 7) is 7.43. The third-order valence-electron chi connectivity index (χ3n) is 2.99. The Labute approximate surface area is 154 Å². The van der Waals surface area contributed by atoms with E-state index in [-0.39, 0.29) is 29.7 Å². The number of ether oxygens (including phenoxy) is 1. The van der Waals surface area contributed by atoms with Gasteiger partial charge in [-0.15, -0.1) is 24.0 Å². The molecule has 132 valence electrons. The van der Waals surface area contributed by atoms with Crippen molar-refractivity contribution >= 4 is 29.9 Å². The number of aromatic hydroxyl groups is 1. The van der Waals surface area contributed by atoms with E-state index in [9.17, 15) is 4.39 Å². The van der Waals surface area contributed by atoms with Crippen LogP contribution >= 0.6 is 24.0 Å². The van der Waals surface area contributed by atoms with Crippen molar-refractivity contribution in [1.29, 1.82) is 0 Å². The molecule has 0 radical (unpaired) electrons. The van der Waals surface area contributed by atoms with Crippen LogP contribution in [0, 0.1) is 5.82 Å². The standard InChI is InChI=1S/C16H26FN3O2.HI/c1-3-18-16(19-9-5-6-10-22-4-2)20-12-13-7-8-15(21)14(17)11-13;/h7-8,11,21H,3-6,9-10,12H2,1-2H3,(H2,18,19,20);1H. The number of benzene rings is 1. The lowest BCUT2D eigenvalue weighted by molar-refractivity contribution is 0.143. The van der Waals surface area contributed by atoms with Crippen LogP contribution < -0.4 is 10.6 Å². The lowest BCUT2D eigenvalue weighted by Crippen LogP contribution is -2.37. The monoisotopic (exact) mass is 439 g/mol. The number of unbranched alkanes of at least 4 members (excludes halogenated alkanes) is 1. The van der Waals surface area contributed by atoms with Crippen LogP contribution in [0.25, 0.3) is 0 Å². The second-order valence-electron chi connectivity index (χ2n) is 4.81. The molecule has 5 nitrogen and oxygen atoms in total. The van der Waals surface area contributed by atoms with Crippen molar-refractivity contribution in [2.45, 2.75) is 33.2 Å². The van der Waals surface area contributed by atoms with E-state index in [1.54, 1.807) is 6.07 Å². The number of aliphatic imine (C=N–C) groups is 1. The minimum atomic E-state index is -0.624. The van der Waals surface area contributed by atoms with E-state index >= 15 is 0 Å². The summed E-state index contributed by atoms with van der Waals surface area (Å²) in [5.41, 5.74) is 0.712. The highest BCUT2D eigenvalue weighted by atomic mass is 127. The number of guanidine groups is 1. The molecule has 0 saturated carbocycles. The van der Waals surface area contributed by atoms with Gasteiger partial charge in [0.1, 0.15) is 0 Å². The average Bonchev–Trinajstić information content (AvgIpc) is 2.51. The summed E-state index contributed by atoms with van der Waals surface area (Å²) >= 11 is 0. The van der Waals surface area contributed by atoms with Gasteiger partial charge >= 0.3 is 0 Å². The quantitative estimate of drug-likeness (QED) is 0.240. The van der Waals surface area contributed by atoms with Crippen LogP contribution in [0.5, 0.6) is 5.75 Å². The molecule has 1 aromatic carbocycles. The van der Waals surface area contributed by atoms with Gasteiger partial charge in [-0.3, -0.25) is 0 Å². The van der Waals surface area contributed by atoms with Crippen molar-refractivity contribution in [3.8, 4) is 5.75 Å². The molecule has 0 bridgehead atoms. The zero-order valence-electron chi connectivity index (χ0n) is 13.8. The predicted molar refractivity (Wildman–Crippen MR) is 102 cm³/mol. The maximum Gasteiger partial charge on any atom is 0.191 e. The summed E-state index contributed by atoms with van der Waals surface area (Å²) in [6.07, 6.45) is 2.00. The van der Waals surface area contributed by atoms with Gasteiger partial charge in [0.15, 0.2) is 17.5 Å². The normalized spacial score (nSPS) is 11.0. The van der Waals surface area contributed by atoms with Gasteiger partial charge in [0, 0.05) is 26.3 Å². The van der Waals surface area contributed by atoms with Gasteiger partial charge in [-0.05, 0) is 44.4 Å². The number of nitrogens with one attached hydrogen (secondary N) is 2. The Morgan fingerprint density at radius 1 is 1.26 bits per heavy atom. The molecule has 1 aromatic rings. The second-order valence-corrected chi connectivity index (χ2v) is 4.81. The van der Waals surface area contributed by atoms with Gasteiger partial charge in [-0.25, -0.2) is 9.38 Å². The number of phenolic OH excluding ortho intramolecular Hbond substituents is 1. The van der Waals surface area contributed by atoms with Gasteiger partial charge in [-0.1, -0.05) is 6.07 Å². The molecule has 0 unspecified atom stereocenters. The van der Waals surface area contributed by atoms with E-state index in [2.05, 4.69) is 15.6 Å². The number of hydrogen-bond donors (Lipinski definition) is 3. The number of phenols is 1. The minimum Gasteiger partial charge on any atom is -0.505 e. The zero-order valence-corrected chi connectivity index (χ0v) is 16.1. The Morgan fingerprint density at radius 3 is 2.70 bits per heavy atom. The number of halogens is 2. The molecule has 0 aromatic heterocycles. The second kappa shape index (κ2) is 13.4. The highest BCUT2D eigenvalue weighted by molar-refractivity contribution is 14.0. The lowest BCUT2D eigenvalue weighted by atomic mass is 10.2. The topological polar surface area (TPSA) is 65.9 Å². The molecule has 3 N–H and O–H groups in total. The van der Waals surface area contributed by atoms with Crippen molar-refractivity contribution in [3.05, 3.63) is 29.6 Å². The van der Waals surface area contributed by atoms with Crippen LogP contribution in [-0.2, 0) is 11.3 Å². The number of rotatable bonds is 9. The first-order valence-electron chi connectivity index (χ1n) is 7.74. The Bertz CT molecular complexity index is 473. The van der Waals surface area contributed by atoms with Crippen molar-refractivity contribution in [3.63, 3.8) is 0 Å². The Morgan fingerprint density at radius 2 is 2.04 bits per heavy atom. The first-order chi connectivity index (χ1) is 10.7. The van der Waals surface area contributed by atoms with Gasteiger partial charge < -0.3 is 20.5 Å². The van der Waals surface area contributed by atoms with Crippen molar-refractivity contribution < 1.29 is 14.2 Å². The maximum absolute atomic E-state index is 13.3. The fourth-order valence-corrected chi connectivity index (χ4v) is 1.84. The van der Waals surface area contributed by atoms with E-state index < -0.39 is 5.82 Å². The predicted octanol–water partition coefficient (Wildman–Crippen LogP) is 3.02. The zero-order chi connectivity index (χ0) is 16.2. The van der Waals surface area contributed by atoms with E-state index in [1.165, 1.54) is 12.1 Å². The van der Waals surface area contributed by atoms with E-state index in [1.807, 2.05) is 13.8 Å². The van der Waals surface area contributed by atoms with Crippen LogP contribution in [0.4, 0.5) is 4.39 Å². The van der Waals surface area contributed by atoms with Crippen molar-refractivity contribution in [2.24, 2.45) is 4.99 Å². The van der Waals surface area contributed by atoms with Gasteiger partial charge in [0.25, 0.3) is 0 Å². The van der Waals surface area contributed by atoms with Gasteiger partial charge in [0.2, 0.25) is 0 Å². The molecular formula is C16H27FIN3O2. The molecule has 0 spiro atoms. The average molecular weight is 439 g/mol. The molecule has 0 aliphatic rings. The lowest BCUT2D eigenvalue weighted by Gasteiger charge is -2.11. The molecule has 0 saturated heterocycles. The molecule has 0 aliphatic heterocycles. The largest absolute Gasteiger partial charge is 0.505 e. The number of nitrogens with zero attached hydrogens (tertiary/aromatic N) is 1. The minimum absolute atomic E-state index is 0. The van der Waals surface area contributed by atoms with Crippen LogP contribution in [0.2, 0.25) is 0 Å². The smallest absolute Gasteiger partial charge is 0.191 e. The van der Waals surface area contributed by atoms with Crippen molar-refractivity contribution in [1.82, 2.24) is 10.6 Å². The molecule has 0 atom stereocenters. The third-order valence-corrected chi connectivity index (χ3v) is 2.99. The Kier molecular flexibility index (Phi) is 12.7. The van der Waals surface area contributed by atoms with Crippen molar-refractivity contribution in [2.75, 3.05) is 26.3 Å². The summed E-state index contributed by atoms with van der Waals surface area (Å²) in [6, 6.07) is 4.30. The van der Waals surface area contributed by atoms with E-state index in [4.69, 9.17) is 9.84 Å². The van der Waals surface area contributed by atoms with E-state index in [0.717, 1.165) is 39.1 Å². The van der Waals surface area contributed by atoms with Gasteiger partial charge in [0.05, 0.1) is 6.54 Å². The van der Waals surface area contributed by atoms with Crippen LogP contribution in [0.3, 0.4) is 0 Å². The van der Waals surface area contributed by atoms with Crippen LogP contribution in [0.1, 0.15) is 32.3 Å². The SMILES string of the molecule is CCNC(=NCc1ccc(O)c(F)c1)NCCCCOCC.I. The maximum atomic E-state index is 13.3. The molecule has 7 heteroatoms. The molecule has 0 amide bonds. The first-order valence-corrected chi connectivity index (χ1v) is 7.74. The fraction of sp³-hybridized carbons (Fsp3) is 0.562. The summed E-state index contributed by atoms with van der Waals surface area (Å²) < 4.78 is 18.5. The molecule has 0 fully saturated rings. The summed E-state index contributed by atoms with van der Waals surface area (Å²) in [7, 11) is 0. The third kappa shape index (κ3) is 9.60. The van der Waals surface area contributed by atoms with Crippen LogP contribution in [0.15, 0.2) is 23.2 Å². The first kappa shape index (κ1) is 21.9. The van der Waals surface area contributed by atoms with Gasteiger partial charge in [-0.2, -0.15) is 0 Å². The molecule has 0 heterocycles. The summed E-state index contributed by atoms with van der Waals surface area (Å²) in [5.74, 6) is -0.263. The highest BCUT2D eigenvalue weighted by Gasteiger charge is 2.02. The fourth-order valence-electron chi connectivity index (χ4n) is 1.84. The molecular weight excluding hydrogens is 412 g/mol. The summed E-state index contributed by atoms with van der Waals surface area (Å²) in [4.78, 5) is 4.40. The summed E-state index contributed by atoms with van der Waals surface area (Å²) in [5, 5.41) is 15.5. The van der Waals surface area contributed by atoms with E-state index in [0.29, 0.717) is 18.1 Å². The highest BCUT2D eigenvalue weighted by Crippen LogP contribution is 2.16. The van der Waals surface area contributed by atoms with Crippen LogP contribution in [-0.4, -0.2) is 37.4 Å².